The van der Waals surface area contributed by atoms with Crippen LogP contribution >= 0.6 is 0 Å². The molecular weight excluding hydrogens is 275 g/mol. The van der Waals surface area contributed by atoms with Crippen molar-refractivity contribution < 1.29 is 23.8 Å². The van der Waals surface area contributed by atoms with Crippen molar-refractivity contribution >= 4 is 5.78 Å². The van der Waals surface area contributed by atoms with E-state index in [2.05, 4.69) is 0 Å². The van der Waals surface area contributed by atoms with Crippen LogP contribution < -0.4 is 9.47 Å². The van der Waals surface area contributed by atoms with Gasteiger partial charge in [-0.05, 0) is 30.7 Å². The van der Waals surface area contributed by atoms with E-state index in [0.717, 1.165) is 17.7 Å². The summed E-state index contributed by atoms with van der Waals surface area (Å²) < 4.78 is 24.2. The summed E-state index contributed by atoms with van der Waals surface area (Å²) in [7, 11) is 1.57. The highest BCUT2D eigenvalue weighted by molar-refractivity contribution is 5.96. The first-order valence-corrected chi connectivity index (χ1v) is 6.30. The van der Waals surface area contributed by atoms with Gasteiger partial charge in [0.15, 0.2) is 17.3 Å². The van der Waals surface area contributed by atoms with Crippen LogP contribution in [0.25, 0.3) is 0 Å². The van der Waals surface area contributed by atoms with E-state index < -0.39 is 11.6 Å². The van der Waals surface area contributed by atoms with Crippen molar-refractivity contribution in [3.8, 4) is 17.2 Å². The van der Waals surface area contributed by atoms with Crippen molar-refractivity contribution in [3.05, 3.63) is 53.3 Å². The van der Waals surface area contributed by atoms with E-state index in [9.17, 15) is 14.3 Å². The summed E-state index contributed by atoms with van der Waals surface area (Å²) in [5.74, 6) is -0.782. The Morgan fingerprint density at radius 3 is 2.48 bits per heavy atom. The molecule has 0 aliphatic carbocycles. The molecule has 0 aliphatic heterocycles. The zero-order valence-corrected chi connectivity index (χ0v) is 11.7. The average Bonchev–Trinajstić information content (AvgIpc) is 2.48. The van der Waals surface area contributed by atoms with Crippen LogP contribution in [0.5, 0.6) is 17.2 Å². The Hall–Kier alpha value is -2.56. The Morgan fingerprint density at radius 1 is 1.24 bits per heavy atom. The lowest BCUT2D eigenvalue weighted by Crippen LogP contribution is -2.00. The predicted octanol–water partition coefficient (Wildman–Crippen LogP) is 3.32. The van der Waals surface area contributed by atoms with Crippen molar-refractivity contribution in [3.63, 3.8) is 0 Å². The minimum atomic E-state index is -0.688. The number of rotatable bonds is 5. The molecule has 0 spiro atoms. The molecule has 0 amide bonds. The molecule has 0 radical (unpaired) electrons. The zero-order chi connectivity index (χ0) is 15.4. The van der Waals surface area contributed by atoms with E-state index in [4.69, 9.17) is 9.47 Å². The average molecular weight is 290 g/mol. The molecule has 0 aromatic heterocycles. The number of aromatic hydroxyl groups is 1. The van der Waals surface area contributed by atoms with Gasteiger partial charge >= 0.3 is 0 Å². The summed E-state index contributed by atoms with van der Waals surface area (Å²) in [4.78, 5) is 11.2. The van der Waals surface area contributed by atoms with Gasteiger partial charge in [0.05, 0.1) is 12.7 Å². The van der Waals surface area contributed by atoms with E-state index in [-0.39, 0.29) is 23.7 Å². The minimum absolute atomic E-state index is 0.0655. The fourth-order valence-corrected chi connectivity index (χ4v) is 1.82. The molecule has 2 aromatic rings. The summed E-state index contributed by atoms with van der Waals surface area (Å²) in [5.41, 5.74) is 0.759. The third-order valence-electron chi connectivity index (χ3n) is 2.98. The first-order chi connectivity index (χ1) is 10.0. The number of carbonyl (C=O) groups is 1. The summed E-state index contributed by atoms with van der Waals surface area (Å²) in [6.45, 7) is 1.39. The zero-order valence-electron chi connectivity index (χ0n) is 11.7. The van der Waals surface area contributed by atoms with Gasteiger partial charge < -0.3 is 14.6 Å². The molecule has 0 aliphatic rings. The number of Topliss-reactive ketones (excluding diaryl/α,β-unsaturated/α-hetero) is 1. The topological polar surface area (TPSA) is 55.8 Å². The van der Waals surface area contributed by atoms with Gasteiger partial charge in [-0.3, -0.25) is 4.79 Å². The molecule has 0 saturated carbocycles. The first-order valence-electron chi connectivity index (χ1n) is 6.30. The number of phenols is 1. The molecule has 0 atom stereocenters. The third kappa shape index (κ3) is 3.51. The number of phenolic OH excluding ortho intramolecular Hbond substituents is 1. The Bertz CT molecular complexity index is 650. The van der Waals surface area contributed by atoms with Crippen molar-refractivity contribution in [2.75, 3.05) is 7.11 Å². The molecule has 2 rings (SSSR count). The SMILES string of the molecule is COc1ccc(COc2cc(O)c(C(C)=O)cc2F)cc1. The second-order valence-corrected chi connectivity index (χ2v) is 4.49. The number of halogens is 1. The van der Waals surface area contributed by atoms with Crippen LogP contribution in [0.15, 0.2) is 36.4 Å². The molecule has 0 heterocycles. The lowest BCUT2D eigenvalue weighted by molar-refractivity contribution is 0.101. The molecule has 0 fully saturated rings. The van der Waals surface area contributed by atoms with Gasteiger partial charge in [-0.1, -0.05) is 12.1 Å². The summed E-state index contributed by atoms with van der Waals surface area (Å²) >= 11 is 0. The molecule has 21 heavy (non-hydrogen) atoms. The Kier molecular flexibility index (Phi) is 4.42. The molecular formula is C16H15FO4. The van der Waals surface area contributed by atoms with E-state index in [1.54, 1.807) is 31.4 Å². The molecule has 4 nitrogen and oxygen atoms in total. The van der Waals surface area contributed by atoms with Crippen LogP contribution in [0.4, 0.5) is 4.39 Å². The molecule has 110 valence electrons. The summed E-state index contributed by atoms with van der Waals surface area (Å²) in [5, 5.41) is 9.67. The van der Waals surface area contributed by atoms with E-state index in [1.807, 2.05) is 0 Å². The van der Waals surface area contributed by atoms with Crippen LogP contribution in [0.3, 0.4) is 0 Å². The van der Waals surface area contributed by atoms with Crippen molar-refractivity contribution in [2.45, 2.75) is 13.5 Å². The van der Waals surface area contributed by atoms with E-state index in [1.165, 1.54) is 6.92 Å². The van der Waals surface area contributed by atoms with Gasteiger partial charge in [0, 0.05) is 6.07 Å². The van der Waals surface area contributed by atoms with E-state index in [0.29, 0.717) is 5.75 Å². The van der Waals surface area contributed by atoms with Crippen molar-refractivity contribution in [1.82, 2.24) is 0 Å². The van der Waals surface area contributed by atoms with Gasteiger partial charge in [0.25, 0.3) is 0 Å². The molecule has 1 N–H and O–H groups in total. The fourth-order valence-electron chi connectivity index (χ4n) is 1.82. The number of hydrogen-bond donors (Lipinski definition) is 1. The summed E-state index contributed by atoms with van der Waals surface area (Å²) in [6, 6.07) is 9.20. The van der Waals surface area contributed by atoms with Crippen molar-refractivity contribution in [2.24, 2.45) is 0 Å². The summed E-state index contributed by atoms with van der Waals surface area (Å²) in [6.07, 6.45) is 0. The van der Waals surface area contributed by atoms with Gasteiger partial charge in [-0.25, -0.2) is 4.39 Å². The maximum absolute atomic E-state index is 13.8. The highest BCUT2D eigenvalue weighted by Gasteiger charge is 2.13. The fraction of sp³-hybridized carbons (Fsp3) is 0.188. The van der Waals surface area contributed by atoms with Crippen LogP contribution in [0, 0.1) is 5.82 Å². The molecule has 2 aromatic carbocycles. The molecule has 0 bridgehead atoms. The number of hydrogen-bond acceptors (Lipinski definition) is 4. The van der Waals surface area contributed by atoms with Gasteiger partial charge in [-0.15, -0.1) is 0 Å². The molecule has 5 heteroatoms. The molecule has 0 unspecified atom stereocenters. The number of ketones is 1. The standard InChI is InChI=1S/C16H15FO4/c1-10(18)13-7-14(17)16(8-15(13)19)21-9-11-3-5-12(20-2)6-4-11/h3-8,19H,9H2,1-2H3. The Morgan fingerprint density at radius 2 is 1.90 bits per heavy atom. The second kappa shape index (κ2) is 6.26. The Labute approximate surface area is 121 Å². The van der Waals surface area contributed by atoms with Crippen LogP contribution in [-0.2, 0) is 6.61 Å². The maximum Gasteiger partial charge on any atom is 0.166 e. The maximum atomic E-state index is 13.8. The highest BCUT2D eigenvalue weighted by atomic mass is 19.1. The van der Waals surface area contributed by atoms with Crippen LogP contribution in [-0.4, -0.2) is 18.0 Å². The first kappa shape index (κ1) is 14.8. The van der Waals surface area contributed by atoms with Gasteiger partial charge in [-0.2, -0.15) is 0 Å². The lowest BCUT2D eigenvalue weighted by atomic mass is 10.1. The number of methoxy groups -OCH3 is 1. The van der Waals surface area contributed by atoms with E-state index >= 15 is 0 Å². The second-order valence-electron chi connectivity index (χ2n) is 4.49. The normalized spacial score (nSPS) is 10.2. The van der Waals surface area contributed by atoms with Crippen molar-refractivity contribution in [1.29, 1.82) is 0 Å². The minimum Gasteiger partial charge on any atom is -0.507 e. The number of benzene rings is 2. The largest absolute Gasteiger partial charge is 0.507 e. The van der Waals surface area contributed by atoms with Gasteiger partial charge in [0.1, 0.15) is 18.1 Å². The highest BCUT2D eigenvalue weighted by Crippen LogP contribution is 2.28. The van der Waals surface area contributed by atoms with Gasteiger partial charge in [0.2, 0.25) is 0 Å². The Balaban J connectivity index is 2.12. The third-order valence-corrected chi connectivity index (χ3v) is 2.98. The molecule has 0 saturated heterocycles. The quantitative estimate of drug-likeness (QED) is 0.858. The van der Waals surface area contributed by atoms with Crippen LogP contribution in [0.2, 0.25) is 0 Å². The van der Waals surface area contributed by atoms with Crippen LogP contribution in [0.1, 0.15) is 22.8 Å². The lowest BCUT2D eigenvalue weighted by Gasteiger charge is -2.10. The number of ether oxygens (including phenoxy) is 2. The predicted molar refractivity (Wildman–Crippen MR) is 75.4 cm³/mol. The smallest absolute Gasteiger partial charge is 0.166 e. The number of carbonyl (C=O) groups excluding carboxylic acids is 1. The monoisotopic (exact) mass is 290 g/mol.